The van der Waals surface area contributed by atoms with Crippen LogP contribution < -0.4 is 14.8 Å². The first-order valence-corrected chi connectivity index (χ1v) is 10.5. The van der Waals surface area contributed by atoms with Crippen molar-refractivity contribution in [2.75, 3.05) is 25.7 Å². The van der Waals surface area contributed by atoms with Crippen molar-refractivity contribution in [2.24, 2.45) is 0 Å². The van der Waals surface area contributed by atoms with Crippen molar-refractivity contribution in [2.45, 2.75) is 22.1 Å². The van der Waals surface area contributed by atoms with E-state index in [1.807, 2.05) is 25.1 Å². The quantitative estimate of drug-likeness (QED) is 0.473. The maximum atomic E-state index is 12.0. The molecule has 0 aliphatic rings. The molecule has 0 spiro atoms. The van der Waals surface area contributed by atoms with Gasteiger partial charge in [0.05, 0.1) is 20.0 Å². The molecule has 1 amide bonds. The first-order valence-electron chi connectivity index (χ1n) is 7.73. The Kier molecular flexibility index (Phi) is 8.27. The van der Waals surface area contributed by atoms with E-state index in [1.54, 1.807) is 26.0 Å². The van der Waals surface area contributed by atoms with Gasteiger partial charge in [-0.15, -0.1) is 10.2 Å². The van der Waals surface area contributed by atoms with Crippen LogP contribution in [0.25, 0.3) is 0 Å². The molecule has 2 aromatic rings. The van der Waals surface area contributed by atoms with E-state index in [-0.39, 0.29) is 5.91 Å². The number of thioether (sulfide) groups is 2. The Labute approximate surface area is 165 Å². The molecule has 0 fully saturated rings. The van der Waals surface area contributed by atoms with Gasteiger partial charge in [-0.05, 0) is 24.6 Å². The van der Waals surface area contributed by atoms with E-state index in [0.717, 1.165) is 25.6 Å². The fraction of sp³-hybridized carbons (Fsp3) is 0.353. The summed E-state index contributed by atoms with van der Waals surface area (Å²) in [5.41, 5.74) is 2.03. The van der Waals surface area contributed by atoms with E-state index in [0.29, 0.717) is 23.8 Å². The Morgan fingerprint density at radius 2 is 1.81 bits per heavy atom. The number of nitrogens with one attached hydrogen (secondary N) is 1. The SMILES string of the molecule is C=C(C)CSc1nnc(SCC(=O)NCc2ccc(OC)c(OC)c2)s1. The monoisotopic (exact) mass is 411 g/mol. The van der Waals surface area contributed by atoms with E-state index in [4.69, 9.17) is 9.47 Å². The highest BCUT2D eigenvalue weighted by Gasteiger charge is 2.10. The Hall–Kier alpha value is -1.71. The summed E-state index contributed by atoms with van der Waals surface area (Å²) in [6, 6.07) is 5.56. The predicted octanol–water partition coefficient (Wildman–Crippen LogP) is 3.63. The highest BCUT2D eigenvalue weighted by molar-refractivity contribution is 8.03. The molecule has 6 nitrogen and oxygen atoms in total. The largest absolute Gasteiger partial charge is 0.493 e. The van der Waals surface area contributed by atoms with Crippen LogP contribution in [0.2, 0.25) is 0 Å². The van der Waals surface area contributed by atoms with Crippen molar-refractivity contribution in [3.63, 3.8) is 0 Å². The van der Waals surface area contributed by atoms with Crippen LogP contribution in [0.15, 0.2) is 39.0 Å². The van der Waals surface area contributed by atoms with Gasteiger partial charge >= 0.3 is 0 Å². The van der Waals surface area contributed by atoms with E-state index in [1.165, 1.54) is 23.1 Å². The number of hydrogen-bond acceptors (Lipinski definition) is 8. The number of hydrogen-bond donors (Lipinski definition) is 1. The number of ether oxygens (including phenoxy) is 2. The Balaban J connectivity index is 1.78. The summed E-state index contributed by atoms with van der Waals surface area (Å²) in [4.78, 5) is 12.0. The van der Waals surface area contributed by atoms with E-state index in [2.05, 4.69) is 22.1 Å². The summed E-state index contributed by atoms with van der Waals surface area (Å²) in [7, 11) is 3.17. The number of methoxy groups -OCH3 is 2. The molecule has 9 heteroatoms. The van der Waals surface area contributed by atoms with Gasteiger partial charge in [-0.3, -0.25) is 4.79 Å². The molecule has 1 N–H and O–H groups in total. The molecule has 1 aromatic carbocycles. The van der Waals surface area contributed by atoms with Crippen LogP contribution in [0.5, 0.6) is 11.5 Å². The smallest absolute Gasteiger partial charge is 0.230 e. The number of carbonyl (C=O) groups excluding carboxylic acids is 1. The molecule has 0 aliphatic carbocycles. The number of carbonyl (C=O) groups is 1. The van der Waals surface area contributed by atoms with Gasteiger partial charge in [0.2, 0.25) is 5.91 Å². The van der Waals surface area contributed by atoms with Gasteiger partial charge in [-0.1, -0.05) is 53.1 Å². The lowest BCUT2D eigenvalue weighted by Gasteiger charge is -2.10. The van der Waals surface area contributed by atoms with Gasteiger partial charge in [-0.25, -0.2) is 0 Å². The van der Waals surface area contributed by atoms with E-state index < -0.39 is 0 Å². The van der Waals surface area contributed by atoms with E-state index in [9.17, 15) is 4.79 Å². The van der Waals surface area contributed by atoms with Crippen LogP contribution in [-0.2, 0) is 11.3 Å². The number of amides is 1. The van der Waals surface area contributed by atoms with Crippen LogP contribution >= 0.6 is 34.9 Å². The van der Waals surface area contributed by atoms with Crippen LogP contribution in [0, 0.1) is 0 Å². The van der Waals surface area contributed by atoms with Crippen molar-refractivity contribution in [1.82, 2.24) is 15.5 Å². The third kappa shape index (κ3) is 6.54. The first-order chi connectivity index (χ1) is 12.5. The maximum absolute atomic E-state index is 12.0. The minimum Gasteiger partial charge on any atom is -0.493 e. The Bertz CT molecular complexity index is 765. The molecule has 0 unspecified atom stereocenters. The zero-order valence-electron chi connectivity index (χ0n) is 14.9. The van der Waals surface area contributed by atoms with Gasteiger partial charge in [0.15, 0.2) is 20.2 Å². The summed E-state index contributed by atoms with van der Waals surface area (Å²) in [6.07, 6.45) is 0. The average molecular weight is 412 g/mol. The number of benzene rings is 1. The third-order valence-electron chi connectivity index (χ3n) is 3.09. The van der Waals surface area contributed by atoms with Crippen LogP contribution in [0.4, 0.5) is 0 Å². The molecule has 0 bridgehead atoms. The summed E-state index contributed by atoms with van der Waals surface area (Å²) in [6.45, 7) is 6.27. The second kappa shape index (κ2) is 10.4. The molecule has 140 valence electrons. The topological polar surface area (TPSA) is 73.3 Å². The second-order valence-corrected chi connectivity index (χ2v) is 8.76. The average Bonchev–Trinajstić information content (AvgIpc) is 3.10. The Morgan fingerprint density at radius 3 is 2.42 bits per heavy atom. The minimum absolute atomic E-state index is 0.0591. The van der Waals surface area contributed by atoms with Crippen molar-refractivity contribution in [3.8, 4) is 11.5 Å². The normalized spacial score (nSPS) is 10.4. The van der Waals surface area contributed by atoms with Gasteiger partial charge in [0, 0.05) is 12.3 Å². The highest BCUT2D eigenvalue weighted by atomic mass is 32.2. The van der Waals surface area contributed by atoms with Crippen LogP contribution in [0.3, 0.4) is 0 Å². The lowest BCUT2D eigenvalue weighted by molar-refractivity contribution is -0.118. The van der Waals surface area contributed by atoms with Crippen LogP contribution in [-0.4, -0.2) is 41.8 Å². The molecule has 0 saturated heterocycles. The van der Waals surface area contributed by atoms with Gasteiger partial charge in [0.1, 0.15) is 0 Å². The molecular weight excluding hydrogens is 390 g/mol. The predicted molar refractivity (Wildman–Crippen MR) is 108 cm³/mol. The van der Waals surface area contributed by atoms with Gasteiger partial charge in [0.25, 0.3) is 0 Å². The molecule has 2 rings (SSSR count). The minimum atomic E-state index is -0.0591. The zero-order valence-corrected chi connectivity index (χ0v) is 17.4. The first kappa shape index (κ1) is 20.6. The highest BCUT2D eigenvalue weighted by Crippen LogP contribution is 2.29. The molecule has 0 aliphatic heterocycles. The van der Waals surface area contributed by atoms with Gasteiger partial charge in [-0.2, -0.15) is 0 Å². The maximum Gasteiger partial charge on any atom is 0.230 e. The molecule has 1 aromatic heterocycles. The standard InChI is InChI=1S/C17H21N3O3S3/c1-11(2)9-24-16-19-20-17(26-16)25-10-15(21)18-8-12-5-6-13(22-3)14(7-12)23-4/h5-7H,1,8-10H2,2-4H3,(H,18,21). The van der Waals surface area contributed by atoms with Gasteiger partial charge < -0.3 is 14.8 Å². The molecular formula is C17H21N3O3S3. The number of aromatic nitrogens is 2. The Morgan fingerprint density at radius 1 is 1.15 bits per heavy atom. The fourth-order valence-electron chi connectivity index (χ4n) is 1.87. The zero-order chi connectivity index (χ0) is 18.9. The molecule has 0 radical (unpaired) electrons. The second-order valence-electron chi connectivity index (χ2n) is 5.33. The lowest BCUT2D eigenvalue weighted by Crippen LogP contribution is -2.24. The molecule has 1 heterocycles. The molecule has 0 atom stereocenters. The summed E-state index contributed by atoms with van der Waals surface area (Å²) in [5.74, 6) is 2.37. The lowest BCUT2D eigenvalue weighted by atomic mass is 10.2. The summed E-state index contributed by atoms with van der Waals surface area (Å²) in [5, 5.41) is 11.1. The summed E-state index contributed by atoms with van der Waals surface area (Å²) < 4.78 is 12.1. The number of rotatable bonds is 10. The summed E-state index contributed by atoms with van der Waals surface area (Å²) >= 11 is 4.48. The third-order valence-corrected chi connectivity index (χ3v) is 6.51. The van der Waals surface area contributed by atoms with Crippen molar-refractivity contribution in [3.05, 3.63) is 35.9 Å². The van der Waals surface area contributed by atoms with Crippen molar-refractivity contribution >= 4 is 40.8 Å². The molecule has 0 saturated carbocycles. The fourth-order valence-corrected chi connectivity index (χ4v) is 4.56. The van der Waals surface area contributed by atoms with Crippen molar-refractivity contribution < 1.29 is 14.3 Å². The van der Waals surface area contributed by atoms with Crippen molar-refractivity contribution in [1.29, 1.82) is 0 Å². The molecule has 26 heavy (non-hydrogen) atoms. The van der Waals surface area contributed by atoms with Crippen LogP contribution in [0.1, 0.15) is 12.5 Å². The number of nitrogens with zero attached hydrogens (tertiary/aromatic N) is 2. The van der Waals surface area contributed by atoms with E-state index >= 15 is 0 Å².